The summed E-state index contributed by atoms with van der Waals surface area (Å²) in [7, 11) is -2.47. The molecule has 4 aromatic rings. The van der Waals surface area contributed by atoms with Crippen molar-refractivity contribution < 1.29 is 22.0 Å². The van der Waals surface area contributed by atoms with Crippen molar-refractivity contribution in [3.05, 3.63) is 66.2 Å². The standard InChI is InChI=1S/C18H13ClFN5O4S/c1-28-12-6-11(7-21-8-12)16-9-25(24-22-16)18-14(20)2-3-15(17(18)19)23-30(26,27)13-4-5-29-10-13/h2-10,23H,1H3. The van der Waals surface area contributed by atoms with Gasteiger partial charge in [-0.1, -0.05) is 16.8 Å². The quantitative estimate of drug-likeness (QED) is 0.479. The number of pyridine rings is 1. The van der Waals surface area contributed by atoms with E-state index in [9.17, 15) is 12.8 Å². The van der Waals surface area contributed by atoms with E-state index < -0.39 is 15.8 Å². The topological polar surface area (TPSA) is 112 Å². The first-order chi connectivity index (χ1) is 14.4. The van der Waals surface area contributed by atoms with Gasteiger partial charge in [0.1, 0.15) is 28.3 Å². The molecule has 0 radical (unpaired) electrons. The molecule has 0 unspecified atom stereocenters. The highest BCUT2D eigenvalue weighted by molar-refractivity contribution is 7.92. The molecule has 0 amide bonds. The van der Waals surface area contributed by atoms with Gasteiger partial charge in [0, 0.05) is 11.8 Å². The van der Waals surface area contributed by atoms with Crippen LogP contribution in [0, 0.1) is 5.82 Å². The number of anilines is 1. The van der Waals surface area contributed by atoms with Crippen molar-refractivity contribution in [1.82, 2.24) is 20.0 Å². The highest BCUT2D eigenvalue weighted by atomic mass is 35.5. The van der Waals surface area contributed by atoms with Crippen LogP contribution in [-0.2, 0) is 10.0 Å². The number of aromatic nitrogens is 4. The first kappa shape index (κ1) is 19.9. The van der Waals surface area contributed by atoms with E-state index in [1.165, 1.54) is 37.9 Å². The second-order valence-electron chi connectivity index (χ2n) is 5.98. The minimum absolute atomic E-state index is 0.0330. The average Bonchev–Trinajstić information content (AvgIpc) is 3.43. The molecule has 0 aliphatic carbocycles. The zero-order valence-corrected chi connectivity index (χ0v) is 16.9. The Morgan fingerprint density at radius 3 is 2.83 bits per heavy atom. The monoisotopic (exact) mass is 449 g/mol. The van der Waals surface area contributed by atoms with Gasteiger partial charge in [0.15, 0.2) is 5.82 Å². The molecule has 0 saturated carbocycles. The smallest absolute Gasteiger partial charge is 0.265 e. The van der Waals surface area contributed by atoms with Crippen molar-refractivity contribution in [3.63, 3.8) is 0 Å². The number of nitrogens with one attached hydrogen (secondary N) is 1. The number of nitrogens with zero attached hydrogens (tertiary/aromatic N) is 4. The van der Waals surface area contributed by atoms with Crippen LogP contribution in [-0.4, -0.2) is 35.5 Å². The van der Waals surface area contributed by atoms with Crippen LogP contribution in [0.4, 0.5) is 10.1 Å². The van der Waals surface area contributed by atoms with Crippen molar-refractivity contribution in [3.8, 4) is 22.7 Å². The summed E-state index contributed by atoms with van der Waals surface area (Å²) in [6.07, 6.45) is 6.79. The molecular weight excluding hydrogens is 437 g/mol. The summed E-state index contributed by atoms with van der Waals surface area (Å²) in [5.74, 6) is -0.201. The van der Waals surface area contributed by atoms with E-state index in [4.69, 9.17) is 20.8 Å². The van der Waals surface area contributed by atoms with Gasteiger partial charge >= 0.3 is 0 Å². The maximum atomic E-state index is 14.6. The molecule has 4 rings (SSSR count). The highest BCUT2D eigenvalue weighted by Gasteiger charge is 2.21. The summed E-state index contributed by atoms with van der Waals surface area (Å²) < 4.78 is 52.7. The summed E-state index contributed by atoms with van der Waals surface area (Å²) in [4.78, 5) is 3.94. The van der Waals surface area contributed by atoms with Gasteiger partial charge in [-0.3, -0.25) is 9.71 Å². The van der Waals surface area contributed by atoms with Crippen LogP contribution >= 0.6 is 11.6 Å². The fourth-order valence-corrected chi connectivity index (χ4v) is 3.95. The number of furan rings is 1. The molecule has 0 spiro atoms. The van der Waals surface area contributed by atoms with Crippen LogP contribution in [0.25, 0.3) is 16.9 Å². The molecule has 3 aromatic heterocycles. The zero-order valence-electron chi connectivity index (χ0n) is 15.3. The minimum Gasteiger partial charge on any atom is -0.495 e. The lowest BCUT2D eigenvalue weighted by atomic mass is 10.2. The van der Waals surface area contributed by atoms with Gasteiger partial charge in [-0.15, -0.1) is 5.10 Å². The zero-order chi connectivity index (χ0) is 21.3. The minimum atomic E-state index is -3.97. The van der Waals surface area contributed by atoms with Crippen LogP contribution < -0.4 is 9.46 Å². The first-order valence-electron chi connectivity index (χ1n) is 8.34. The fourth-order valence-electron chi connectivity index (χ4n) is 2.61. The summed E-state index contributed by atoms with van der Waals surface area (Å²) in [5, 5.41) is 7.72. The third kappa shape index (κ3) is 3.72. The number of rotatable bonds is 6. The summed E-state index contributed by atoms with van der Waals surface area (Å²) >= 11 is 6.31. The predicted octanol–water partition coefficient (Wildman–Crippen LogP) is 3.52. The number of methoxy groups -OCH3 is 1. The van der Waals surface area contributed by atoms with E-state index in [1.54, 1.807) is 12.3 Å². The van der Waals surface area contributed by atoms with Crippen LogP contribution in [0.2, 0.25) is 5.02 Å². The van der Waals surface area contributed by atoms with Gasteiger partial charge in [0.2, 0.25) is 0 Å². The van der Waals surface area contributed by atoms with Gasteiger partial charge in [0.05, 0.1) is 36.5 Å². The Labute approximate surface area is 175 Å². The van der Waals surface area contributed by atoms with Crippen LogP contribution in [0.1, 0.15) is 0 Å². The van der Waals surface area contributed by atoms with Crippen molar-refractivity contribution in [2.24, 2.45) is 0 Å². The van der Waals surface area contributed by atoms with Gasteiger partial charge in [-0.05, 0) is 24.3 Å². The SMILES string of the molecule is COc1cncc(-c2cn(-c3c(F)ccc(NS(=O)(=O)c4ccoc4)c3Cl)nn2)c1. The largest absolute Gasteiger partial charge is 0.495 e. The molecule has 0 bridgehead atoms. The molecule has 0 fully saturated rings. The molecule has 30 heavy (non-hydrogen) atoms. The van der Waals surface area contributed by atoms with E-state index in [1.807, 2.05) is 0 Å². The molecule has 9 nitrogen and oxygen atoms in total. The number of hydrogen-bond donors (Lipinski definition) is 1. The number of halogens is 2. The maximum absolute atomic E-state index is 14.6. The predicted molar refractivity (Wildman–Crippen MR) is 106 cm³/mol. The fraction of sp³-hybridized carbons (Fsp3) is 0.0556. The highest BCUT2D eigenvalue weighted by Crippen LogP contribution is 2.33. The Balaban J connectivity index is 1.72. The van der Waals surface area contributed by atoms with Crippen LogP contribution in [0.5, 0.6) is 5.75 Å². The van der Waals surface area contributed by atoms with Crippen molar-refractivity contribution in [1.29, 1.82) is 0 Å². The van der Waals surface area contributed by atoms with E-state index in [-0.39, 0.29) is 21.3 Å². The lowest BCUT2D eigenvalue weighted by molar-refractivity contribution is 0.413. The Morgan fingerprint density at radius 2 is 2.10 bits per heavy atom. The molecule has 1 aromatic carbocycles. The molecule has 0 aliphatic heterocycles. The second-order valence-corrected chi connectivity index (χ2v) is 8.04. The number of benzene rings is 1. The lowest BCUT2D eigenvalue weighted by Crippen LogP contribution is -2.13. The lowest BCUT2D eigenvalue weighted by Gasteiger charge is -2.12. The van der Waals surface area contributed by atoms with Gasteiger partial charge in [0.25, 0.3) is 10.0 Å². The Bertz CT molecular complexity index is 1310. The van der Waals surface area contributed by atoms with E-state index in [0.29, 0.717) is 17.0 Å². The Kier molecular flexibility index (Phi) is 5.14. The maximum Gasteiger partial charge on any atom is 0.265 e. The number of sulfonamides is 1. The second kappa shape index (κ2) is 7.76. The van der Waals surface area contributed by atoms with Crippen LogP contribution in [0.15, 0.2) is 64.7 Å². The normalized spacial score (nSPS) is 11.4. The average molecular weight is 450 g/mol. The molecule has 3 heterocycles. The molecule has 12 heteroatoms. The summed E-state index contributed by atoms with van der Waals surface area (Å²) in [6, 6.07) is 5.24. The van der Waals surface area contributed by atoms with E-state index in [0.717, 1.165) is 17.0 Å². The first-order valence-corrected chi connectivity index (χ1v) is 10.2. The third-order valence-electron chi connectivity index (χ3n) is 4.08. The van der Waals surface area contributed by atoms with Gasteiger partial charge in [-0.25, -0.2) is 17.5 Å². The van der Waals surface area contributed by atoms with Crippen LogP contribution in [0.3, 0.4) is 0 Å². The van der Waals surface area contributed by atoms with E-state index >= 15 is 0 Å². The van der Waals surface area contributed by atoms with Crippen molar-refractivity contribution >= 4 is 27.3 Å². The van der Waals surface area contributed by atoms with E-state index in [2.05, 4.69) is 20.0 Å². The molecule has 154 valence electrons. The molecule has 0 atom stereocenters. The Hall–Kier alpha value is -3.44. The summed E-state index contributed by atoms with van der Waals surface area (Å²) in [6.45, 7) is 0. The summed E-state index contributed by atoms with van der Waals surface area (Å²) in [5.41, 5.74) is 0.781. The van der Waals surface area contributed by atoms with Crippen molar-refractivity contribution in [2.45, 2.75) is 4.90 Å². The molecule has 0 aliphatic rings. The van der Waals surface area contributed by atoms with Gasteiger partial charge in [-0.2, -0.15) is 0 Å². The van der Waals surface area contributed by atoms with Gasteiger partial charge < -0.3 is 9.15 Å². The number of ether oxygens (including phenoxy) is 1. The Morgan fingerprint density at radius 1 is 1.27 bits per heavy atom. The van der Waals surface area contributed by atoms with Crippen molar-refractivity contribution in [2.75, 3.05) is 11.8 Å². The molecular formula is C18H13ClFN5O4S. The molecule has 0 saturated heterocycles. The third-order valence-corrected chi connectivity index (χ3v) is 5.81. The number of hydrogen-bond acceptors (Lipinski definition) is 7. The molecule has 1 N–H and O–H groups in total.